The second-order valence-electron chi connectivity index (χ2n) is 4.98. The molecule has 1 atom stereocenters. The van der Waals surface area contributed by atoms with E-state index in [4.69, 9.17) is 15.2 Å². The molecule has 0 fully saturated rings. The highest BCUT2D eigenvalue weighted by atomic mass is 16.5. The lowest BCUT2D eigenvalue weighted by molar-refractivity contribution is 0.286. The van der Waals surface area contributed by atoms with Gasteiger partial charge in [-0.05, 0) is 37.6 Å². The SMILES string of the molecule is COc1ccc(C)cc1C(N)COc1cccc(C)c1. The normalized spacial score (nSPS) is 12.0. The number of nitrogens with two attached hydrogens (primary N) is 1. The molecule has 0 heterocycles. The van der Waals surface area contributed by atoms with Crippen LogP contribution in [0.25, 0.3) is 0 Å². The molecule has 2 aromatic carbocycles. The number of ether oxygens (including phenoxy) is 2. The van der Waals surface area contributed by atoms with Crippen molar-refractivity contribution < 1.29 is 9.47 Å². The Kier molecular flexibility index (Phi) is 4.64. The third-order valence-electron chi connectivity index (χ3n) is 3.20. The lowest BCUT2D eigenvalue weighted by atomic mass is 10.0. The molecule has 2 rings (SSSR count). The van der Waals surface area contributed by atoms with Gasteiger partial charge in [0.25, 0.3) is 0 Å². The van der Waals surface area contributed by atoms with Crippen LogP contribution in [0.15, 0.2) is 42.5 Å². The molecule has 0 saturated heterocycles. The molecule has 0 aliphatic carbocycles. The number of hydrogen-bond acceptors (Lipinski definition) is 3. The maximum absolute atomic E-state index is 6.22. The van der Waals surface area contributed by atoms with Crippen LogP contribution in [0, 0.1) is 13.8 Å². The van der Waals surface area contributed by atoms with E-state index in [2.05, 4.69) is 0 Å². The van der Waals surface area contributed by atoms with Crippen LogP contribution in [-0.4, -0.2) is 13.7 Å². The van der Waals surface area contributed by atoms with Gasteiger partial charge in [-0.25, -0.2) is 0 Å². The molecule has 0 saturated carbocycles. The highest BCUT2D eigenvalue weighted by molar-refractivity contribution is 5.39. The fraction of sp³-hybridized carbons (Fsp3) is 0.294. The van der Waals surface area contributed by atoms with Crippen LogP contribution in [0.4, 0.5) is 0 Å². The smallest absolute Gasteiger partial charge is 0.123 e. The summed E-state index contributed by atoms with van der Waals surface area (Å²) >= 11 is 0. The van der Waals surface area contributed by atoms with Crippen molar-refractivity contribution in [1.29, 1.82) is 0 Å². The summed E-state index contributed by atoms with van der Waals surface area (Å²) < 4.78 is 11.1. The van der Waals surface area contributed by atoms with E-state index in [0.717, 1.165) is 22.6 Å². The average molecular weight is 271 g/mol. The molecule has 0 aliphatic rings. The first-order valence-corrected chi connectivity index (χ1v) is 6.69. The predicted molar refractivity (Wildman–Crippen MR) is 81.3 cm³/mol. The standard InChI is InChI=1S/C17H21NO2/c1-12-5-4-6-14(9-12)20-11-16(18)15-10-13(2)7-8-17(15)19-3/h4-10,16H,11,18H2,1-3H3. The van der Waals surface area contributed by atoms with E-state index < -0.39 is 0 Å². The minimum absolute atomic E-state index is 0.217. The molecule has 3 nitrogen and oxygen atoms in total. The van der Waals surface area contributed by atoms with Gasteiger partial charge in [0.1, 0.15) is 18.1 Å². The molecule has 0 aromatic heterocycles. The lowest BCUT2D eigenvalue weighted by Gasteiger charge is -2.17. The Balaban J connectivity index is 2.08. The molecule has 0 radical (unpaired) electrons. The summed E-state index contributed by atoms with van der Waals surface area (Å²) in [6, 6.07) is 13.7. The van der Waals surface area contributed by atoms with E-state index in [-0.39, 0.29) is 6.04 Å². The zero-order valence-corrected chi connectivity index (χ0v) is 12.2. The Labute approximate surface area is 120 Å². The molecule has 0 spiro atoms. The summed E-state index contributed by atoms with van der Waals surface area (Å²) in [5.41, 5.74) is 9.52. The van der Waals surface area contributed by atoms with Crippen LogP contribution in [0.1, 0.15) is 22.7 Å². The van der Waals surface area contributed by atoms with Crippen LogP contribution < -0.4 is 15.2 Å². The van der Waals surface area contributed by atoms with Crippen molar-refractivity contribution in [2.24, 2.45) is 5.73 Å². The quantitative estimate of drug-likeness (QED) is 0.906. The minimum Gasteiger partial charge on any atom is -0.496 e. The first kappa shape index (κ1) is 14.4. The maximum Gasteiger partial charge on any atom is 0.123 e. The van der Waals surface area contributed by atoms with Gasteiger partial charge < -0.3 is 15.2 Å². The number of aryl methyl sites for hydroxylation is 2. The first-order valence-electron chi connectivity index (χ1n) is 6.69. The van der Waals surface area contributed by atoms with Gasteiger partial charge in [-0.15, -0.1) is 0 Å². The molecule has 1 unspecified atom stereocenters. The van der Waals surface area contributed by atoms with Gasteiger partial charge in [-0.1, -0.05) is 29.8 Å². The van der Waals surface area contributed by atoms with Crippen molar-refractivity contribution in [3.63, 3.8) is 0 Å². The lowest BCUT2D eigenvalue weighted by Crippen LogP contribution is -2.20. The topological polar surface area (TPSA) is 44.5 Å². The zero-order valence-electron chi connectivity index (χ0n) is 12.2. The van der Waals surface area contributed by atoms with Crippen molar-refractivity contribution >= 4 is 0 Å². The van der Waals surface area contributed by atoms with Gasteiger partial charge in [0.2, 0.25) is 0 Å². The van der Waals surface area contributed by atoms with E-state index in [9.17, 15) is 0 Å². The van der Waals surface area contributed by atoms with Crippen LogP contribution >= 0.6 is 0 Å². The maximum atomic E-state index is 6.22. The second kappa shape index (κ2) is 6.44. The van der Waals surface area contributed by atoms with E-state index >= 15 is 0 Å². The van der Waals surface area contributed by atoms with Gasteiger partial charge in [0, 0.05) is 5.56 Å². The van der Waals surface area contributed by atoms with Crippen LogP contribution in [0.3, 0.4) is 0 Å². The fourth-order valence-electron chi connectivity index (χ4n) is 2.12. The van der Waals surface area contributed by atoms with E-state index in [1.165, 1.54) is 5.56 Å². The zero-order chi connectivity index (χ0) is 14.5. The van der Waals surface area contributed by atoms with Gasteiger partial charge in [0.05, 0.1) is 13.2 Å². The van der Waals surface area contributed by atoms with E-state index in [1.54, 1.807) is 7.11 Å². The third kappa shape index (κ3) is 3.52. The third-order valence-corrected chi connectivity index (χ3v) is 3.20. The Hall–Kier alpha value is -2.00. The summed E-state index contributed by atoms with van der Waals surface area (Å²) in [5, 5.41) is 0. The highest BCUT2D eigenvalue weighted by Gasteiger charge is 2.13. The summed E-state index contributed by atoms with van der Waals surface area (Å²) in [6.07, 6.45) is 0. The van der Waals surface area contributed by atoms with Crippen LogP contribution in [-0.2, 0) is 0 Å². The Morgan fingerprint density at radius 2 is 1.80 bits per heavy atom. The highest BCUT2D eigenvalue weighted by Crippen LogP contribution is 2.25. The number of hydrogen-bond donors (Lipinski definition) is 1. The fourth-order valence-corrected chi connectivity index (χ4v) is 2.12. The molecule has 2 aromatic rings. The molecular formula is C17H21NO2. The molecule has 0 amide bonds. The Morgan fingerprint density at radius 1 is 1.05 bits per heavy atom. The minimum atomic E-state index is -0.217. The van der Waals surface area contributed by atoms with Gasteiger partial charge in [-0.2, -0.15) is 0 Å². The number of methoxy groups -OCH3 is 1. The van der Waals surface area contributed by atoms with Gasteiger partial charge in [0.15, 0.2) is 0 Å². The molecule has 0 aliphatic heterocycles. The Morgan fingerprint density at radius 3 is 2.50 bits per heavy atom. The first-order chi connectivity index (χ1) is 9.60. The average Bonchev–Trinajstić information content (AvgIpc) is 2.45. The molecule has 20 heavy (non-hydrogen) atoms. The van der Waals surface area contributed by atoms with Crippen LogP contribution in [0.2, 0.25) is 0 Å². The van der Waals surface area contributed by atoms with Crippen molar-refractivity contribution in [3.8, 4) is 11.5 Å². The van der Waals surface area contributed by atoms with E-state index in [0.29, 0.717) is 6.61 Å². The monoisotopic (exact) mass is 271 g/mol. The molecule has 3 heteroatoms. The summed E-state index contributed by atoms with van der Waals surface area (Å²) in [6.45, 7) is 4.50. The molecule has 0 bridgehead atoms. The summed E-state index contributed by atoms with van der Waals surface area (Å²) in [5.74, 6) is 1.64. The number of benzene rings is 2. The van der Waals surface area contributed by atoms with Crippen LogP contribution in [0.5, 0.6) is 11.5 Å². The predicted octanol–water partition coefficient (Wildman–Crippen LogP) is 3.39. The van der Waals surface area contributed by atoms with E-state index in [1.807, 2.05) is 56.3 Å². The second-order valence-corrected chi connectivity index (χ2v) is 4.98. The van der Waals surface area contributed by atoms with Crippen molar-refractivity contribution in [1.82, 2.24) is 0 Å². The summed E-state index contributed by atoms with van der Waals surface area (Å²) in [7, 11) is 1.66. The van der Waals surface area contributed by atoms with Crippen molar-refractivity contribution in [3.05, 3.63) is 59.2 Å². The van der Waals surface area contributed by atoms with Gasteiger partial charge >= 0.3 is 0 Å². The van der Waals surface area contributed by atoms with Crippen molar-refractivity contribution in [2.45, 2.75) is 19.9 Å². The molecule has 2 N–H and O–H groups in total. The Bertz CT molecular complexity index is 581. The summed E-state index contributed by atoms with van der Waals surface area (Å²) in [4.78, 5) is 0. The molecular weight excluding hydrogens is 250 g/mol. The molecule has 106 valence electrons. The largest absolute Gasteiger partial charge is 0.496 e. The number of rotatable bonds is 5. The van der Waals surface area contributed by atoms with Crippen molar-refractivity contribution in [2.75, 3.05) is 13.7 Å². The van der Waals surface area contributed by atoms with Gasteiger partial charge in [-0.3, -0.25) is 0 Å².